The van der Waals surface area contributed by atoms with E-state index < -0.39 is 0 Å². The highest BCUT2D eigenvalue weighted by Crippen LogP contribution is 2.53. The molecule has 1 aromatic heterocycles. The van der Waals surface area contributed by atoms with Crippen molar-refractivity contribution in [2.24, 2.45) is 5.92 Å². The number of hydrogen-bond acceptors (Lipinski definition) is 2. The first-order valence-corrected chi connectivity index (χ1v) is 7.82. The Kier molecular flexibility index (Phi) is 3.16. The van der Waals surface area contributed by atoms with Gasteiger partial charge in [0.15, 0.2) is 0 Å². The number of nitrogens with one attached hydrogen (secondary N) is 1. The molecule has 2 aromatic rings. The highest BCUT2D eigenvalue weighted by molar-refractivity contribution is 6.36. The summed E-state index contributed by atoms with van der Waals surface area (Å²) in [6.07, 6.45) is 9.27. The van der Waals surface area contributed by atoms with E-state index in [2.05, 4.69) is 28.5 Å². The number of hydrogen-bond donors (Lipinski definition) is 1. The molecule has 4 heteroatoms. The lowest BCUT2D eigenvalue weighted by Gasteiger charge is -2.38. The summed E-state index contributed by atoms with van der Waals surface area (Å²) in [7, 11) is 0. The Morgan fingerprint density at radius 2 is 2.00 bits per heavy atom. The molecule has 3 atom stereocenters. The van der Waals surface area contributed by atoms with Crippen LogP contribution in [-0.4, -0.2) is 4.98 Å². The van der Waals surface area contributed by atoms with Crippen LogP contribution in [0.4, 0.5) is 5.69 Å². The number of benzene rings is 1. The SMILES string of the molecule is Clc1ccc(Cl)c2c1N[C@H](c1cccnc1)[C@H]1CC=C[C@H]21. The van der Waals surface area contributed by atoms with Crippen molar-refractivity contribution in [2.75, 3.05) is 5.32 Å². The zero-order valence-corrected chi connectivity index (χ0v) is 12.8. The number of allylic oxidation sites excluding steroid dienone is 2. The smallest absolute Gasteiger partial charge is 0.0641 e. The molecule has 2 aliphatic rings. The first-order valence-electron chi connectivity index (χ1n) is 7.06. The van der Waals surface area contributed by atoms with E-state index >= 15 is 0 Å². The molecule has 0 fully saturated rings. The van der Waals surface area contributed by atoms with Crippen LogP contribution in [0.25, 0.3) is 0 Å². The van der Waals surface area contributed by atoms with Crippen LogP contribution < -0.4 is 5.32 Å². The first kappa shape index (κ1) is 13.2. The van der Waals surface area contributed by atoms with E-state index in [9.17, 15) is 0 Å². The van der Waals surface area contributed by atoms with Crippen molar-refractivity contribution in [3.63, 3.8) is 0 Å². The molecule has 4 rings (SSSR count). The van der Waals surface area contributed by atoms with Gasteiger partial charge in [0, 0.05) is 28.9 Å². The van der Waals surface area contributed by atoms with E-state index in [4.69, 9.17) is 23.2 Å². The van der Waals surface area contributed by atoms with E-state index in [1.54, 1.807) is 6.20 Å². The molecular formula is C17H14Cl2N2. The third-order valence-electron chi connectivity index (χ3n) is 4.46. The van der Waals surface area contributed by atoms with Crippen molar-refractivity contribution in [3.8, 4) is 0 Å². The van der Waals surface area contributed by atoms with Gasteiger partial charge < -0.3 is 5.32 Å². The molecule has 0 amide bonds. The summed E-state index contributed by atoms with van der Waals surface area (Å²) in [6, 6.07) is 8.04. The Labute approximate surface area is 133 Å². The minimum Gasteiger partial charge on any atom is -0.376 e. The Morgan fingerprint density at radius 3 is 2.81 bits per heavy atom. The van der Waals surface area contributed by atoms with Crippen LogP contribution >= 0.6 is 23.2 Å². The van der Waals surface area contributed by atoms with E-state index in [-0.39, 0.29) is 6.04 Å². The second kappa shape index (κ2) is 5.04. The third-order valence-corrected chi connectivity index (χ3v) is 5.10. The van der Waals surface area contributed by atoms with Gasteiger partial charge in [0.2, 0.25) is 0 Å². The van der Waals surface area contributed by atoms with Gasteiger partial charge in [-0.1, -0.05) is 41.4 Å². The van der Waals surface area contributed by atoms with E-state index in [1.807, 2.05) is 24.4 Å². The summed E-state index contributed by atoms with van der Waals surface area (Å²) in [5, 5.41) is 5.11. The maximum absolute atomic E-state index is 6.43. The average molecular weight is 317 g/mol. The van der Waals surface area contributed by atoms with Gasteiger partial charge in [0.25, 0.3) is 0 Å². The molecule has 0 radical (unpaired) electrons. The zero-order chi connectivity index (χ0) is 14.4. The second-order valence-electron chi connectivity index (χ2n) is 5.58. The molecule has 21 heavy (non-hydrogen) atoms. The van der Waals surface area contributed by atoms with Gasteiger partial charge in [-0.05, 0) is 36.1 Å². The van der Waals surface area contributed by atoms with Crippen molar-refractivity contribution in [2.45, 2.75) is 18.4 Å². The van der Waals surface area contributed by atoms with E-state index in [1.165, 1.54) is 5.56 Å². The van der Waals surface area contributed by atoms with Crippen LogP contribution in [-0.2, 0) is 0 Å². The highest BCUT2D eigenvalue weighted by Gasteiger charge is 2.39. The predicted molar refractivity (Wildman–Crippen MR) is 87.1 cm³/mol. The average Bonchev–Trinajstić information content (AvgIpc) is 3.00. The topological polar surface area (TPSA) is 24.9 Å². The molecule has 0 bridgehead atoms. The van der Waals surface area contributed by atoms with Crippen molar-refractivity contribution in [3.05, 3.63) is 70.0 Å². The Balaban J connectivity index is 1.86. The van der Waals surface area contributed by atoms with Crippen LogP contribution in [0.3, 0.4) is 0 Å². The Hall–Kier alpha value is -1.51. The lowest BCUT2D eigenvalue weighted by Crippen LogP contribution is -2.29. The lowest BCUT2D eigenvalue weighted by atomic mass is 9.77. The molecule has 1 aliphatic heterocycles. The Bertz CT molecular complexity index is 712. The second-order valence-corrected chi connectivity index (χ2v) is 6.39. The van der Waals surface area contributed by atoms with E-state index in [0.717, 1.165) is 27.7 Å². The van der Waals surface area contributed by atoms with Crippen LogP contribution in [0.1, 0.15) is 29.5 Å². The van der Waals surface area contributed by atoms with Crippen molar-refractivity contribution in [1.29, 1.82) is 0 Å². The summed E-state index contributed by atoms with van der Waals surface area (Å²) in [5.41, 5.74) is 3.28. The van der Waals surface area contributed by atoms with Gasteiger partial charge in [-0.2, -0.15) is 0 Å². The molecule has 0 unspecified atom stereocenters. The molecule has 0 saturated heterocycles. The molecule has 2 nitrogen and oxygen atoms in total. The summed E-state index contributed by atoms with van der Waals surface area (Å²) >= 11 is 12.8. The third kappa shape index (κ3) is 2.05. The van der Waals surface area contributed by atoms with E-state index in [0.29, 0.717) is 11.8 Å². The number of halogens is 2. The van der Waals surface area contributed by atoms with Crippen LogP contribution in [0.2, 0.25) is 10.0 Å². The number of rotatable bonds is 1. The molecule has 106 valence electrons. The van der Waals surface area contributed by atoms with Crippen molar-refractivity contribution in [1.82, 2.24) is 4.98 Å². The van der Waals surface area contributed by atoms with Crippen LogP contribution in [0.5, 0.6) is 0 Å². The molecule has 1 N–H and O–H groups in total. The summed E-state index contributed by atoms with van der Waals surface area (Å²) in [6.45, 7) is 0. The van der Waals surface area contributed by atoms with Gasteiger partial charge in [-0.15, -0.1) is 0 Å². The molecule has 0 saturated carbocycles. The summed E-state index contributed by atoms with van der Waals surface area (Å²) < 4.78 is 0. The number of pyridine rings is 1. The first-order chi connectivity index (χ1) is 10.3. The number of anilines is 1. The van der Waals surface area contributed by atoms with Crippen molar-refractivity contribution < 1.29 is 0 Å². The number of nitrogens with zero attached hydrogens (tertiary/aromatic N) is 1. The molecular weight excluding hydrogens is 303 g/mol. The van der Waals surface area contributed by atoms with Crippen LogP contribution in [0.15, 0.2) is 48.8 Å². The van der Waals surface area contributed by atoms with Gasteiger partial charge >= 0.3 is 0 Å². The van der Waals surface area contributed by atoms with Gasteiger partial charge in [-0.3, -0.25) is 4.98 Å². The quantitative estimate of drug-likeness (QED) is 0.730. The molecule has 0 spiro atoms. The predicted octanol–water partition coefficient (Wildman–Crippen LogP) is 5.21. The maximum atomic E-state index is 6.43. The summed E-state index contributed by atoms with van der Waals surface area (Å²) in [4.78, 5) is 4.25. The van der Waals surface area contributed by atoms with Crippen molar-refractivity contribution >= 4 is 28.9 Å². The monoisotopic (exact) mass is 316 g/mol. The largest absolute Gasteiger partial charge is 0.376 e. The Morgan fingerprint density at radius 1 is 1.14 bits per heavy atom. The molecule has 1 aliphatic carbocycles. The normalized spacial score (nSPS) is 26.1. The van der Waals surface area contributed by atoms with Gasteiger partial charge in [-0.25, -0.2) is 0 Å². The molecule has 2 heterocycles. The zero-order valence-electron chi connectivity index (χ0n) is 11.3. The number of aromatic nitrogens is 1. The standard InChI is InChI=1S/C17H14Cl2N2/c18-13-6-7-14(19)17-15(13)11-4-1-5-12(11)16(21-17)10-3-2-8-20-9-10/h1-4,6-9,11-12,16,21H,5H2/t11-,12-,16+/m0/s1. The maximum Gasteiger partial charge on any atom is 0.0641 e. The minimum absolute atomic E-state index is 0.210. The van der Waals surface area contributed by atoms with Gasteiger partial charge in [0.05, 0.1) is 16.8 Å². The highest BCUT2D eigenvalue weighted by atomic mass is 35.5. The van der Waals surface area contributed by atoms with Gasteiger partial charge in [0.1, 0.15) is 0 Å². The molecule has 1 aromatic carbocycles. The minimum atomic E-state index is 0.210. The lowest BCUT2D eigenvalue weighted by molar-refractivity contribution is 0.425. The fourth-order valence-corrected chi connectivity index (χ4v) is 4.02. The summed E-state index contributed by atoms with van der Waals surface area (Å²) in [5.74, 6) is 0.773. The van der Waals surface area contributed by atoms with Crippen LogP contribution in [0, 0.1) is 5.92 Å². The fraction of sp³-hybridized carbons (Fsp3) is 0.235. The fourth-order valence-electron chi connectivity index (χ4n) is 3.52. The number of fused-ring (bicyclic) bond motifs is 3.